The van der Waals surface area contributed by atoms with E-state index in [1.54, 1.807) is 0 Å². The number of aliphatic hydroxyl groups excluding tert-OH is 5. The number of carboxylic acid groups (broad SMARTS) is 1. The van der Waals surface area contributed by atoms with Crippen molar-refractivity contribution in [1.29, 1.82) is 0 Å². The lowest BCUT2D eigenvalue weighted by Gasteiger charge is -2.42. The van der Waals surface area contributed by atoms with E-state index in [1.807, 2.05) is 6.92 Å². The summed E-state index contributed by atoms with van der Waals surface area (Å²) in [4.78, 5) is 57.9. The van der Waals surface area contributed by atoms with Crippen molar-refractivity contribution in [2.45, 2.75) is 121 Å². The van der Waals surface area contributed by atoms with Gasteiger partial charge in [0.25, 0.3) is 0 Å². The fraction of sp³-hybridized carbons (Fsp3) is 0.894. The molecule has 0 aromatic rings. The number of aliphatic carboxylic acids is 1. The minimum atomic E-state index is -4.95. The first kappa shape index (κ1) is 71.8. The molecule has 1 heterocycles. The zero-order valence-corrected chi connectivity index (χ0v) is 45.2. The van der Waals surface area contributed by atoms with Crippen LogP contribution < -0.4 is 16.0 Å². The van der Waals surface area contributed by atoms with Crippen LogP contribution >= 0.6 is 0 Å². The van der Waals surface area contributed by atoms with Crippen LogP contribution in [-0.4, -0.2) is 261 Å². The number of amides is 3. The molecule has 0 bridgehead atoms. The van der Waals surface area contributed by atoms with Crippen molar-refractivity contribution in [3.63, 3.8) is 0 Å². The average Bonchev–Trinajstić information content (AvgIpc) is 3.38. The van der Waals surface area contributed by atoms with Gasteiger partial charge in [0, 0.05) is 63.8 Å². The molecule has 0 aromatic carbocycles. The van der Waals surface area contributed by atoms with Crippen molar-refractivity contribution in [2.24, 2.45) is 11.8 Å². The number of rotatable bonds is 52. The highest BCUT2D eigenvalue weighted by Gasteiger charge is 2.46. The van der Waals surface area contributed by atoms with Gasteiger partial charge in [-0.15, -0.1) is 0 Å². The first-order valence-electron chi connectivity index (χ1n) is 25.9. The molecule has 10 atom stereocenters. The molecule has 0 radical (unpaired) electrons. The highest BCUT2D eigenvalue weighted by Crippen LogP contribution is 2.30. The molecule has 0 spiro atoms. The summed E-state index contributed by atoms with van der Waals surface area (Å²) in [6.45, 7) is 8.89. The molecule has 3 amide bonds. The van der Waals surface area contributed by atoms with Crippen molar-refractivity contribution < 1.29 is 124 Å². The van der Waals surface area contributed by atoms with Gasteiger partial charge in [0.15, 0.2) is 12.6 Å². The van der Waals surface area contributed by atoms with Crippen molar-refractivity contribution in [3.8, 4) is 0 Å². The van der Waals surface area contributed by atoms with E-state index in [-0.39, 0.29) is 75.9 Å². The van der Waals surface area contributed by atoms with Gasteiger partial charge in [-0.25, -0.2) is 4.18 Å². The number of carbonyl (C=O) groups excluding carboxylic acids is 4. The zero-order valence-electron chi connectivity index (χ0n) is 44.4. The van der Waals surface area contributed by atoms with E-state index >= 15 is 0 Å². The van der Waals surface area contributed by atoms with Crippen LogP contribution in [0.5, 0.6) is 0 Å². The molecular formula is C47H87N3O26S. The second kappa shape index (κ2) is 45.5. The molecule has 0 saturated carbocycles. The Kier molecular flexibility index (Phi) is 42.4. The second-order valence-electron chi connectivity index (χ2n) is 17.7. The maximum atomic E-state index is 12.1. The van der Waals surface area contributed by atoms with Gasteiger partial charge >= 0.3 is 16.4 Å². The number of nitrogens with one attached hydrogen (secondary N) is 3. The number of carboxylic acids is 1. The SMILES string of the molecule is CC1C(OC(CC(=O)O)C(O)C(O)C(O)OCCCCCCNC(=O)CCOCCOCCOCCNC(=O)CCOC[C@@H](C)COCCC(=O)NCCOCCOCCOCCC=O)OC(COS(=O)(=O)O)C(O)C1O. The highest BCUT2D eigenvalue weighted by molar-refractivity contribution is 7.80. The number of aliphatic hydroxyl groups is 5. The van der Waals surface area contributed by atoms with Crippen molar-refractivity contribution in [2.75, 3.05) is 139 Å². The van der Waals surface area contributed by atoms with Crippen molar-refractivity contribution in [1.82, 2.24) is 16.0 Å². The van der Waals surface area contributed by atoms with Crippen LogP contribution in [0.4, 0.5) is 0 Å². The molecular weight excluding hydrogens is 1050 g/mol. The summed E-state index contributed by atoms with van der Waals surface area (Å²) in [6.07, 6.45) is -11.1. The lowest BCUT2D eigenvalue weighted by molar-refractivity contribution is -0.306. The second-order valence-corrected chi connectivity index (χ2v) is 18.8. The molecule has 1 fully saturated rings. The fourth-order valence-electron chi connectivity index (χ4n) is 6.73. The summed E-state index contributed by atoms with van der Waals surface area (Å²) >= 11 is 0. The Morgan fingerprint density at radius 3 is 1.58 bits per heavy atom. The van der Waals surface area contributed by atoms with Crippen LogP contribution in [0.2, 0.25) is 0 Å². The summed E-state index contributed by atoms with van der Waals surface area (Å²) < 4.78 is 94.6. The van der Waals surface area contributed by atoms with Gasteiger partial charge in [0.1, 0.15) is 30.7 Å². The molecule has 1 aliphatic rings. The number of hydrogen-bond donors (Lipinski definition) is 10. The van der Waals surface area contributed by atoms with Crippen LogP contribution in [0, 0.1) is 11.8 Å². The number of carbonyl (C=O) groups is 5. The predicted octanol–water partition coefficient (Wildman–Crippen LogP) is -2.76. The van der Waals surface area contributed by atoms with E-state index in [9.17, 15) is 63.0 Å². The Morgan fingerprint density at radius 2 is 1.08 bits per heavy atom. The average molecular weight is 1140 g/mol. The van der Waals surface area contributed by atoms with E-state index in [1.165, 1.54) is 6.92 Å². The Morgan fingerprint density at radius 1 is 0.610 bits per heavy atom. The molecule has 0 aliphatic carbocycles. The van der Waals surface area contributed by atoms with Gasteiger partial charge in [-0.1, -0.05) is 26.7 Å². The Labute approximate surface area is 450 Å². The highest BCUT2D eigenvalue weighted by atomic mass is 32.3. The molecule has 9 unspecified atom stereocenters. The predicted molar refractivity (Wildman–Crippen MR) is 266 cm³/mol. The maximum absolute atomic E-state index is 12.1. The first-order chi connectivity index (χ1) is 36.9. The number of ether oxygens (including phenoxy) is 11. The molecule has 30 heteroatoms. The van der Waals surface area contributed by atoms with E-state index < -0.39 is 84.5 Å². The zero-order chi connectivity index (χ0) is 57.1. The van der Waals surface area contributed by atoms with Crippen molar-refractivity contribution in [3.05, 3.63) is 0 Å². The van der Waals surface area contributed by atoms with Crippen LogP contribution in [0.15, 0.2) is 0 Å². The van der Waals surface area contributed by atoms with Gasteiger partial charge in [0.05, 0.1) is 131 Å². The van der Waals surface area contributed by atoms with Gasteiger partial charge < -0.3 is 103 Å². The quantitative estimate of drug-likeness (QED) is 0.0128. The van der Waals surface area contributed by atoms with Gasteiger partial charge in [-0.05, 0) is 12.8 Å². The van der Waals surface area contributed by atoms with Crippen molar-refractivity contribution >= 4 is 40.4 Å². The van der Waals surface area contributed by atoms with Gasteiger partial charge in [0.2, 0.25) is 17.7 Å². The molecule has 1 aliphatic heterocycles. The summed E-state index contributed by atoms with van der Waals surface area (Å²) in [5.74, 6) is -2.96. The monoisotopic (exact) mass is 1140 g/mol. The number of unbranched alkanes of at least 4 members (excludes halogenated alkanes) is 3. The largest absolute Gasteiger partial charge is 0.481 e. The Balaban J connectivity index is 1.98. The Hall–Kier alpha value is -3.22. The van der Waals surface area contributed by atoms with E-state index in [2.05, 4.69) is 20.1 Å². The number of hydrogen-bond acceptors (Lipinski definition) is 24. The molecule has 1 saturated heterocycles. The minimum absolute atomic E-state index is 0.0501. The third-order valence-electron chi connectivity index (χ3n) is 11.0. The lowest BCUT2D eigenvalue weighted by Crippen LogP contribution is -2.57. The molecule has 77 heavy (non-hydrogen) atoms. The summed E-state index contributed by atoms with van der Waals surface area (Å²) in [5, 5.41) is 70.0. The third kappa shape index (κ3) is 38.9. The molecule has 452 valence electrons. The third-order valence-corrected chi connectivity index (χ3v) is 11.4. The fourth-order valence-corrected chi connectivity index (χ4v) is 7.03. The maximum Gasteiger partial charge on any atom is 0.397 e. The number of aldehydes is 1. The topological polar surface area (TPSA) is 408 Å². The van der Waals surface area contributed by atoms with Gasteiger partial charge in [-0.2, -0.15) is 8.42 Å². The van der Waals surface area contributed by atoms with Crippen LogP contribution in [0.3, 0.4) is 0 Å². The molecule has 29 nitrogen and oxygen atoms in total. The molecule has 0 aromatic heterocycles. The molecule has 10 N–H and O–H groups in total. The van der Waals surface area contributed by atoms with Gasteiger partial charge in [-0.3, -0.25) is 23.7 Å². The summed E-state index contributed by atoms with van der Waals surface area (Å²) in [5.41, 5.74) is 0. The Bertz CT molecular complexity index is 1660. The summed E-state index contributed by atoms with van der Waals surface area (Å²) in [7, 11) is -4.95. The minimum Gasteiger partial charge on any atom is -0.481 e. The lowest BCUT2D eigenvalue weighted by atomic mass is 9.92. The smallest absolute Gasteiger partial charge is 0.397 e. The van der Waals surface area contributed by atoms with Crippen LogP contribution in [0.25, 0.3) is 0 Å². The van der Waals surface area contributed by atoms with Crippen LogP contribution in [-0.2, 0) is 90.7 Å². The van der Waals surface area contributed by atoms with E-state index in [0.717, 1.165) is 6.29 Å². The van der Waals surface area contributed by atoms with E-state index in [0.29, 0.717) is 131 Å². The normalized spacial score (nSPS) is 19.7. The van der Waals surface area contributed by atoms with Crippen LogP contribution in [0.1, 0.15) is 71.6 Å². The molecule has 1 rings (SSSR count). The summed E-state index contributed by atoms with van der Waals surface area (Å²) in [6, 6.07) is 0. The first-order valence-corrected chi connectivity index (χ1v) is 27.2. The van der Waals surface area contributed by atoms with E-state index in [4.69, 9.17) is 56.7 Å². The standard InChI is InChI=1S/C47H87N3O26S/c1-34(31-71-18-9-39(53)49-12-20-67-24-28-69-26-22-65-15-7-14-51)32-72-19-10-40(54)50-13-21-68-25-29-70-27-23-66-17-8-38(52)48-11-5-3-4-6-16-73-46(61)45(60)43(58)36(30-41(55)56)75-47-35(2)42(57)44(59)37(76-47)33-74-77(62,63)64/h14,34-37,42-47,57-61H,3-13,15-33H2,1-2H3,(H,48,52)(H,49,53)(H,50,54)(H,55,56)(H,62,63,64)/t34-,35?,36?,37?,42?,43?,44?,45?,46?,47?/m0/s1.